The number of aliphatic hydroxyl groups is 1. The number of carbonyl (C=O) groups excluding carboxylic acids is 1. The number of carbonyl (C=O) groups is 1. The standard InChI is InChI=1S/C28H30ClN5O3/c1-28(2,3)21-10-4-5-11-22(21)31-26(33-25(36)18-8-6-9-19(29)16-18)30-20-12-13-23-24(17-20)34(14-7-15-35)27(37)32-23/h4-6,8-13,16-17,35H,7,14-15H2,1-3H3,(H,32,37)(H2,30,31,33,36). The fraction of sp³-hybridized carbons (Fsp3) is 0.250. The van der Waals surface area contributed by atoms with Gasteiger partial charge in [0.2, 0.25) is 5.96 Å². The van der Waals surface area contributed by atoms with Crippen LogP contribution in [0.2, 0.25) is 5.02 Å². The van der Waals surface area contributed by atoms with Gasteiger partial charge in [-0.25, -0.2) is 9.79 Å². The monoisotopic (exact) mass is 519 g/mol. The van der Waals surface area contributed by atoms with Gasteiger partial charge in [0, 0.05) is 29.4 Å². The molecule has 0 radical (unpaired) electrons. The summed E-state index contributed by atoms with van der Waals surface area (Å²) in [5, 5.41) is 15.8. The Hall–Kier alpha value is -3.88. The number of amides is 1. The molecule has 0 unspecified atom stereocenters. The van der Waals surface area contributed by atoms with Crippen molar-refractivity contribution in [3.63, 3.8) is 0 Å². The average Bonchev–Trinajstić information content (AvgIpc) is 3.16. The second kappa shape index (κ2) is 11.0. The second-order valence-electron chi connectivity index (χ2n) is 9.71. The zero-order chi connectivity index (χ0) is 26.6. The number of aromatic nitrogens is 2. The summed E-state index contributed by atoms with van der Waals surface area (Å²) in [6.07, 6.45) is 0.455. The van der Waals surface area contributed by atoms with E-state index in [4.69, 9.17) is 16.6 Å². The zero-order valence-corrected chi connectivity index (χ0v) is 21.8. The molecule has 37 heavy (non-hydrogen) atoms. The Morgan fingerprint density at radius 3 is 2.59 bits per heavy atom. The molecule has 0 bridgehead atoms. The number of para-hydroxylation sites is 1. The smallest absolute Gasteiger partial charge is 0.326 e. The number of aliphatic hydroxyl groups excluding tert-OH is 1. The van der Waals surface area contributed by atoms with E-state index in [1.165, 1.54) is 0 Å². The molecule has 0 saturated heterocycles. The van der Waals surface area contributed by atoms with Gasteiger partial charge in [0.25, 0.3) is 5.91 Å². The molecule has 0 spiro atoms. The van der Waals surface area contributed by atoms with E-state index in [-0.39, 0.29) is 29.6 Å². The molecule has 8 nitrogen and oxygen atoms in total. The maximum atomic E-state index is 13.1. The normalized spacial score (nSPS) is 12.1. The lowest BCUT2D eigenvalue weighted by Gasteiger charge is -2.21. The number of aliphatic imine (C=N–C) groups is 1. The number of imidazole rings is 1. The lowest BCUT2D eigenvalue weighted by molar-refractivity contribution is 0.0977. The Balaban J connectivity index is 1.75. The highest BCUT2D eigenvalue weighted by atomic mass is 35.5. The molecule has 0 fully saturated rings. The van der Waals surface area contributed by atoms with Gasteiger partial charge >= 0.3 is 5.69 Å². The number of anilines is 1. The minimum Gasteiger partial charge on any atom is -0.396 e. The number of aryl methyl sites for hydroxylation is 1. The van der Waals surface area contributed by atoms with Gasteiger partial charge in [-0.05, 0) is 59.9 Å². The van der Waals surface area contributed by atoms with Crippen molar-refractivity contribution in [2.75, 3.05) is 11.9 Å². The number of hydrogen-bond donors (Lipinski definition) is 4. The Morgan fingerprint density at radius 2 is 1.86 bits per heavy atom. The van der Waals surface area contributed by atoms with Crippen LogP contribution in [0.3, 0.4) is 0 Å². The van der Waals surface area contributed by atoms with Crippen molar-refractivity contribution in [2.24, 2.45) is 4.99 Å². The molecule has 0 aliphatic carbocycles. The number of rotatable bonds is 6. The average molecular weight is 520 g/mol. The third kappa shape index (κ3) is 6.28. The lowest BCUT2D eigenvalue weighted by atomic mass is 9.86. The Kier molecular flexibility index (Phi) is 7.80. The zero-order valence-electron chi connectivity index (χ0n) is 21.0. The Bertz CT molecular complexity index is 1510. The summed E-state index contributed by atoms with van der Waals surface area (Å²) in [5.41, 5.74) is 3.69. The Morgan fingerprint density at radius 1 is 1.08 bits per heavy atom. The van der Waals surface area contributed by atoms with Crippen LogP contribution in [0, 0.1) is 0 Å². The summed E-state index contributed by atoms with van der Waals surface area (Å²) >= 11 is 6.09. The fourth-order valence-electron chi connectivity index (χ4n) is 4.04. The number of nitrogens with zero attached hydrogens (tertiary/aromatic N) is 2. The number of H-pyrrole nitrogens is 1. The van der Waals surface area contributed by atoms with Gasteiger partial charge in [0.1, 0.15) is 0 Å². The molecular formula is C28H30ClN5O3. The van der Waals surface area contributed by atoms with Crippen molar-refractivity contribution in [1.82, 2.24) is 14.9 Å². The SMILES string of the molecule is CC(C)(C)c1ccccc1N=C(NC(=O)c1cccc(Cl)c1)Nc1ccc2[nH]c(=O)n(CCCO)c2c1. The molecule has 0 aliphatic rings. The number of nitrogens with one attached hydrogen (secondary N) is 3. The third-order valence-corrected chi connectivity index (χ3v) is 6.08. The van der Waals surface area contributed by atoms with E-state index in [2.05, 4.69) is 36.4 Å². The number of fused-ring (bicyclic) bond motifs is 1. The number of hydrogen-bond acceptors (Lipinski definition) is 4. The van der Waals surface area contributed by atoms with Crippen LogP contribution in [-0.2, 0) is 12.0 Å². The number of halogens is 1. The van der Waals surface area contributed by atoms with E-state index in [9.17, 15) is 14.7 Å². The number of aromatic amines is 1. The first-order chi connectivity index (χ1) is 17.7. The number of guanidine groups is 1. The van der Waals surface area contributed by atoms with Gasteiger partial charge in [0.05, 0.1) is 16.7 Å². The summed E-state index contributed by atoms with van der Waals surface area (Å²) in [5.74, 6) is -0.148. The highest BCUT2D eigenvalue weighted by molar-refractivity contribution is 6.31. The summed E-state index contributed by atoms with van der Waals surface area (Å²) in [4.78, 5) is 33.1. The van der Waals surface area contributed by atoms with E-state index in [1.807, 2.05) is 24.3 Å². The molecule has 0 atom stereocenters. The molecule has 9 heteroatoms. The van der Waals surface area contributed by atoms with Gasteiger partial charge in [0.15, 0.2) is 0 Å². The second-order valence-corrected chi connectivity index (χ2v) is 10.1. The van der Waals surface area contributed by atoms with Gasteiger partial charge in [-0.3, -0.25) is 14.7 Å². The van der Waals surface area contributed by atoms with Crippen LogP contribution in [-0.4, -0.2) is 33.1 Å². The van der Waals surface area contributed by atoms with Crippen LogP contribution in [0.15, 0.2) is 76.5 Å². The molecule has 1 heterocycles. The predicted molar refractivity (Wildman–Crippen MR) is 149 cm³/mol. The first-order valence-electron chi connectivity index (χ1n) is 12.0. The van der Waals surface area contributed by atoms with Gasteiger partial charge in [-0.1, -0.05) is 56.6 Å². The van der Waals surface area contributed by atoms with E-state index in [0.29, 0.717) is 46.0 Å². The van der Waals surface area contributed by atoms with Crippen molar-refractivity contribution in [3.05, 3.63) is 93.4 Å². The lowest BCUT2D eigenvalue weighted by Crippen LogP contribution is -2.36. The minimum absolute atomic E-state index is 0.0173. The van der Waals surface area contributed by atoms with Crippen LogP contribution in [0.25, 0.3) is 11.0 Å². The van der Waals surface area contributed by atoms with Crippen LogP contribution in [0.4, 0.5) is 11.4 Å². The molecule has 4 N–H and O–H groups in total. The summed E-state index contributed by atoms with van der Waals surface area (Å²) < 4.78 is 1.58. The van der Waals surface area contributed by atoms with Gasteiger partial charge in [-0.15, -0.1) is 0 Å². The summed E-state index contributed by atoms with van der Waals surface area (Å²) in [6, 6.07) is 19.8. The van der Waals surface area contributed by atoms with E-state index >= 15 is 0 Å². The van der Waals surface area contributed by atoms with Crippen LogP contribution >= 0.6 is 11.6 Å². The van der Waals surface area contributed by atoms with Gasteiger partial charge < -0.3 is 15.4 Å². The van der Waals surface area contributed by atoms with E-state index in [0.717, 1.165) is 5.56 Å². The molecule has 1 amide bonds. The van der Waals surface area contributed by atoms with Crippen molar-refractivity contribution in [3.8, 4) is 0 Å². The highest BCUT2D eigenvalue weighted by Gasteiger charge is 2.19. The summed E-state index contributed by atoms with van der Waals surface area (Å²) in [7, 11) is 0. The van der Waals surface area contributed by atoms with E-state index < -0.39 is 0 Å². The topological polar surface area (TPSA) is 112 Å². The molecule has 0 aliphatic heterocycles. The molecular weight excluding hydrogens is 490 g/mol. The summed E-state index contributed by atoms with van der Waals surface area (Å²) in [6.45, 7) is 6.67. The minimum atomic E-state index is -0.371. The highest BCUT2D eigenvalue weighted by Crippen LogP contribution is 2.31. The van der Waals surface area contributed by atoms with Crippen LogP contribution in [0.1, 0.15) is 43.1 Å². The maximum Gasteiger partial charge on any atom is 0.326 e. The van der Waals surface area contributed by atoms with Crippen molar-refractivity contribution >= 4 is 45.9 Å². The number of benzene rings is 3. The van der Waals surface area contributed by atoms with Crippen molar-refractivity contribution in [2.45, 2.75) is 39.2 Å². The molecule has 192 valence electrons. The molecule has 1 aromatic heterocycles. The quantitative estimate of drug-likeness (QED) is 0.207. The Labute approximate surface area is 220 Å². The van der Waals surface area contributed by atoms with Crippen LogP contribution in [0.5, 0.6) is 0 Å². The van der Waals surface area contributed by atoms with Crippen molar-refractivity contribution in [1.29, 1.82) is 0 Å². The van der Waals surface area contributed by atoms with Crippen molar-refractivity contribution < 1.29 is 9.90 Å². The molecule has 4 aromatic rings. The van der Waals surface area contributed by atoms with E-state index in [1.54, 1.807) is 47.0 Å². The molecule has 0 saturated carbocycles. The third-order valence-electron chi connectivity index (χ3n) is 5.84. The van der Waals surface area contributed by atoms with Crippen LogP contribution < -0.4 is 16.3 Å². The largest absolute Gasteiger partial charge is 0.396 e. The predicted octanol–water partition coefficient (Wildman–Crippen LogP) is 5.19. The molecule has 3 aromatic carbocycles. The fourth-order valence-corrected chi connectivity index (χ4v) is 4.23. The maximum absolute atomic E-state index is 13.1. The van der Waals surface area contributed by atoms with Gasteiger partial charge in [-0.2, -0.15) is 0 Å². The molecule has 4 rings (SSSR count). The first kappa shape index (κ1) is 26.2. The first-order valence-corrected chi connectivity index (χ1v) is 12.4.